The number of amides is 2. The molecular weight excluding hydrogens is 388 g/mol. The Morgan fingerprint density at radius 3 is 2.03 bits per heavy atom. The highest BCUT2D eigenvalue weighted by molar-refractivity contribution is 5.87. The molecule has 3 rings (SSSR count). The summed E-state index contributed by atoms with van der Waals surface area (Å²) in [5.41, 5.74) is 8.67. The second-order valence-electron chi connectivity index (χ2n) is 7.55. The number of nitrogens with zero attached hydrogens (tertiary/aromatic N) is 1. The third-order valence-corrected chi connectivity index (χ3v) is 5.04. The van der Waals surface area contributed by atoms with Gasteiger partial charge in [-0.2, -0.15) is 0 Å². The van der Waals surface area contributed by atoms with Gasteiger partial charge in [0, 0.05) is 37.8 Å². The normalized spacial score (nSPS) is 12.6. The minimum atomic E-state index is -0.745. The molecule has 2 atom stereocenters. The van der Waals surface area contributed by atoms with E-state index in [0.717, 1.165) is 16.7 Å². The first-order valence-electron chi connectivity index (χ1n) is 10.4. The van der Waals surface area contributed by atoms with Crippen LogP contribution in [0.3, 0.4) is 0 Å². The minimum Gasteiger partial charge on any atom is -0.368 e. The van der Waals surface area contributed by atoms with Gasteiger partial charge in [0.1, 0.15) is 6.04 Å². The lowest BCUT2D eigenvalue weighted by molar-refractivity contribution is -0.127. The van der Waals surface area contributed by atoms with E-state index in [1.165, 1.54) is 0 Å². The fraction of sp³-hybridized carbons (Fsp3) is 0.240. The van der Waals surface area contributed by atoms with Crippen molar-refractivity contribution in [3.63, 3.8) is 0 Å². The van der Waals surface area contributed by atoms with Gasteiger partial charge in [-0.1, -0.05) is 66.7 Å². The lowest BCUT2D eigenvalue weighted by Crippen LogP contribution is -2.47. The highest BCUT2D eigenvalue weighted by Gasteiger charge is 2.21. The number of hydrogen-bond donors (Lipinski definition) is 3. The number of hydrogen-bond acceptors (Lipinski definition) is 4. The number of carbonyl (C=O) groups excluding carboxylic acids is 2. The third kappa shape index (κ3) is 7.68. The molecule has 0 bridgehead atoms. The molecule has 0 radical (unpaired) electrons. The van der Waals surface area contributed by atoms with Crippen LogP contribution in [0.5, 0.6) is 0 Å². The Morgan fingerprint density at radius 2 is 1.45 bits per heavy atom. The monoisotopic (exact) mass is 416 g/mol. The Hall–Kier alpha value is -3.51. The van der Waals surface area contributed by atoms with Crippen LogP contribution in [-0.4, -0.2) is 28.9 Å². The molecule has 2 aromatic carbocycles. The van der Waals surface area contributed by atoms with Crippen molar-refractivity contribution < 1.29 is 9.59 Å². The Balaban J connectivity index is 1.63. The molecule has 1 aromatic heterocycles. The fourth-order valence-electron chi connectivity index (χ4n) is 3.43. The number of aromatic nitrogens is 1. The predicted molar refractivity (Wildman–Crippen MR) is 121 cm³/mol. The lowest BCUT2D eigenvalue weighted by Gasteiger charge is -2.21. The van der Waals surface area contributed by atoms with Crippen molar-refractivity contribution in [2.45, 2.75) is 37.9 Å². The number of carbonyl (C=O) groups is 2. The zero-order valence-electron chi connectivity index (χ0n) is 17.4. The van der Waals surface area contributed by atoms with Crippen molar-refractivity contribution in [3.8, 4) is 0 Å². The van der Waals surface area contributed by atoms with Crippen LogP contribution in [0, 0.1) is 0 Å². The van der Waals surface area contributed by atoms with Crippen molar-refractivity contribution in [2.24, 2.45) is 5.73 Å². The van der Waals surface area contributed by atoms with Gasteiger partial charge in [-0.3, -0.25) is 14.6 Å². The maximum atomic E-state index is 12.8. The van der Waals surface area contributed by atoms with Crippen molar-refractivity contribution in [1.29, 1.82) is 0 Å². The maximum Gasteiger partial charge on any atom is 0.240 e. The van der Waals surface area contributed by atoms with Crippen molar-refractivity contribution in [3.05, 3.63) is 102 Å². The van der Waals surface area contributed by atoms with Gasteiger partial charge < -0.3 is 16.4 Å². The maximum absolute atomic E-state index is 12.8. The predicted octanol–water partition coefficient (Wildman–Crippen LogP) is 2.39. The Morgan fingerprint density at radius 1 is 0.839 bits per heavy atom. The van der Waals surface area contributed by atoms with Crippen LogP contribution >= 0.6 is 0 Å². The van der Waals surface area contributed by atoms with Crippen molar-refractivity contribution in [2.75, 3.05) is 0 Å². The summed E-state index contributed by atoms with van der Waals surface area (Å²) in [5.74, 6) is -0.750. The van der Waals surface area contributed by atoms with Crippen LogP contribution in [0.25, 0.3) is 0 Å². The van der Waals surface area contributed by atoms with E-state index < -0.39 is 11.9 Å². The molecule has 0 saturated heterocycles. The fourth-order valence-corrected chi connectivity index (χ4v) is 3.43. The van der Waals surface area contributed by atoms with Crippen LogP contribution in [0.1, 0.15) is 23.1 Å². The first-order valence-corrected chi connectivity index (χ1v) is 10.4. The van der Waals surface area contributed by atoms with E-state index in [9.17, 15) is 9.59 Å². The molecule has 3 aromatic rings. The van der Waals surface area contributed by atoms with Gasteiger partial charge in [-0.15, -0.1) is 0 Å². The average Bonchev–Trinajstić information content (AvgIpc) is 2.79. The standard InChI is InChI=1S/C25H28N4O2/c26-25(31)23(15-20-10-5-2-6-11-20)29-24(30)16-22(14-19-8-3-1-4-9-19)28-18-21-12-7-13-27-17-21/h1-13,17,22-23,28H,14-16,18H2,(H2,26,31)(H,29,30)/t22-,23-/m0/s1. The number of nitrogens with two attached hydrogens (primary N) is 1. The van der Waals surface area contributed by atoms with E-state index in [-0.39, 0.29) is 18.4 Å². The summed E-state index contributed by atoms with van der Waals surface area (Å²) in [6.45, 7) is 0.599. The van der Waals surface area contributed by atoms with Gasteiger partial charge in [0.25, 0.3) is 0 Å². The van der Waals surface area contributed by atoms with Gasteiger partial charge in [0.2, 0.25) is 11.8 Å². The van der Waals surface area contributed by atoms with E-state index >= 15 is 0 Å². The molecule has 4 N–H and O–H groups in total. The number of pyridine rings is 1. The molecule has 0 aliphatic carbocycles. The van der Waals surface area contributed by atoms with Crippen LogP contribution in [0.2, 0.25) is 0 Å². The van der Waals surface area contributed by atoms with Crippen molar-refractivity contribution >= 4 is 11.8 Å². The molecule has 160 valence electrons. The zero-order valence-corrected chi connectivity index (χ0v) is 17.4. The summed E-state index contributed by atoms with van der Waals surface area (Å²) in [7, 11) is 0. The van der Waals surface area contributed by atoms with Crippen LogP contribution in [0.4, 0.5) is 0 Å². The minimum absolute atomic E-state index is 0.104. The Labute approximate surface area is 182 Å². The molecule has 6 nitrogen and oxygen atoms in total. The summed E-state index contributed by atoms with van der Waals surface area (Å²) >= 11 is 0. The lowest BCUT2D eigenvalue weighted by atomic mass is 10.0. The number of benzene rings is 2. The van der Waals surface area contributed by atoms with Crippen molar-refractivity contribution in [1.82, 2.24) is 15.6 Å². The molecule has 0 aliphatic rings. The van der Waals surface area contributed by atoms with Gasteiger partial charge in [0.15, 0.2) is 0 Å². The van der Waals surface area contributed by atoms with Gasteiger partial charge in [-0.05, 0) is 29.2 Å². The molecule has 0 fully saturated rings. The SMILES string of the molecule is NC(=O)[C@H](Cc1ccccc1)NC(=O)C[C@H](Cc1ccccc1)NCc1cccnc1. The molecule has 0 saturated carbocycles. The molecule has 0 spiro atoms. The smallest absolute Gasteiger partial charge is 0.240 e. The quantitative estimate of drug-likeness (QED) is 0.447. The van der Waals surface area contributed by atoms with Crippen LogP contribution < -0.4 is 16.4 Å². The summed E-state index contributed by atoms with van der Waals surface area (Å²) in [5, 5.41) is 6.26. The first kappa shape index (κ1) is 22.2. The molecule has 31 heavy (non-hydrogen) atoms. The average molecular weight is 417 g/mol. The van der Waals surface area contributed by atoms with E-state index in [1.54, 1.807) is 12.4 Å². The zero-order chi connectivity index (χ0) is 21.9. The largest absolute Gasteiger partial charge is 0.368 e. The topological polar surface area (TPSA) is 97.1 Å². The highest BCUT2D eigenvalue weighted by Crippen LogP contribution is 2.09. The first-order chi connectivity index (χ1) is 15.1. The molecule has 1 heterocycles. The molecule has 6 heteroatoms. The van der Waals surface area contributed by atoms with E-state index in [0.29, 0.717) is 19.4 Å². The van der Waals surface area contributed by atoms with E-state index in [4.69, 9.17) is 5.73 Å². The molecular formula is C25H28N4O2. The Bertz CT molecular complexity index is 949. The molecule has 0 aliphatic heterocycles. The highest BCUT2D eigenvalue weighted by atomic mass is 16.2. The number of primary amides is 1. The second-order valence-corrected chi connectivity index (χ2v) is 7.55. The van der Waals surface area contributed by atoms with Crippen LogP contribution in [-0.2, 0) is 29.0 Å². The third-order valence-electron chi connectivity index (χ3n) is 5.04. The summed E-state index contributed by atoms with van der Waals surface area (Å²) < 4.78 is 0. The summed E-state index contributed by atoms with van der Waals surface area (Å²) in [4.78, 5) is 28.8. The Kier molecular flexibility index (Phi) is 8.31. The van der Waals surface area contributed by atoms with Gasteiger partial charge >= 0.3 is 0 Å². The number of rotatable bonds is 11. The van der Waals surface area contributed by atoms with Gasteiger partial charge in [0.05, 0.1) is 0 Å². The summed E-state index contributed by atoms with van der Waals surface area (Å²) in [6, 6.07) is 22.6. The van der Waals surface area contributed by atoms with Gasteiger partial charge in [-0.25, -0.2) is 0 Å². The second kappa shape index (κ2) is 11.6. The number of nitrogens with one attached hydrogen (secondary N) is 2. The summed E-state index contributed by atoms with van der Waals surface area (Å²) in [6.07, 6.45) is 4.82. The van der Waals surface area contributed by atoms with E-state index in [1.807, 2.05) is 72.8 Å². The van der Waals surface area contributed by atoms with Crippen LogP contribution in [0.15, 0.2) is 85.2 Å². The molecule has 2 amide bonds. The molecule has 0 unspecified atom stereocenters. The van der Waals surface area contributed by atoms with E-state index in [2.05, 4.69) is 15.6 Å².